The van der Waals surface area contributed by atoms with E-state index < -0.39 is 0 Å². The number of carbonyl (C=O) groups is 1. The van der Waals surface area contributed by atoms with Gasteiger partial charge < -0.3 is 9.73 Å². The first-order valence-electron chi connectivity index (χ1n) is 8.53. The summed E-state index contributed by atoms with van der Waals surface area (Å²) in [6, 6.07) is 12.0. The molecule has 3 rings (SSSR count). The van der Waals surface area contributed by atoms with Gasteiger partial charge in [0.15, 0.2) is 0 Å². The quantitative estimate of drug-likeness (QED) is 0.796. The molecule has 24 heavy (non-hydrogen) atoms. The molecule has 0 bridgehead atoms. The van der Waals surface area contributed by atoms with Crippen LogP contribution in [-0.2, 0) is 11.3 Å². The lowest BCUT2D eigenvalue weighted by Crippen LogP contribution is -2.37. The second-order valence-corrected chi connectivity index (χ2v) is 7.35. The number of furan rings is 1. The normalized spacial score (nSPS) is 16.2. The number of anilines is 1. The Hall–Kier alpha value is -1.72. The van der Waals surface area contributed by atoms with Crippen molar-refractivity contribution in [1.82, 2.24) is 4.90 Å². The summed E-state index contributed by atoms with van der Waals surface area (Å²) in [6.07, 6.45) is 3.51. The Morgan fingerprint density at radius 2 is 2.04 bits per heavy atom. The molecule has 1 amide bonds. The highest BCUT2D eigenvalue weighted by molar-refractivity contribution is 7.99. The smallest absolute Gasteiger partial charge is 0.227 e. The number of thioether (sulfide) groups is 1. The molecular formula is C19H24N2O2S. The summed E-state index contributed by atoms with van der Waals surface area (Å²) in [4.78, 5) is 16.1. The van der Waals surface area contributed by atoms with Crippen LogP contribution < -0.4 is 5.32 Å². The number of hydrogen-bond acceptors (Lipinski definition) is 4. The van der Waals surface area contributed by atoms with Gasteiger partial charge in [0.2, 0.25) is 5.91 Å². The Bertz CT molecular complexity index is 649. The molecule has 128 valence electrons. The van der Waals surface area contributed by atoms with Gasteiger partial charge in [-0.1, -0.05) is 19.1 Å². The summed E-state index contributed by atoms with van der Waals surface area (Å²) in [5.74, 6) is 2.23. The molecule has 0 atom stereocenters. The number of carbonyl (C=O) groups excluding carboxylic acids is 1. The van der Waals surface area contributed by atoms with E-state index in [1.807, 2.05) is 30.3 Å². The predicted molar refractivity (Wildman–Crippen MR) is 98.2 cm³/mol. The molecule has 4 nitrogen and oxygen atoms in total. The van der Waals surface area contributed by atoms with Gasteiger partial charge in [0, 0.05) is 10.8 Å². The molecule has 0 radical (unpaired) electrons. The van der Waals surface area contributed by atoms with E-state index in [2.05, 4.69) is 23.2 Å². The third-order valence-electron chi connectivity index (χ3n) is 4.36. The van der Waals surface area contributed by atoms with E-state index in [4.69, 9.17) is 4.42 Å². The Morgan fingerprint density at radius 1 is 1.25 bits per heavy atom. The molecule has 1 aliphatic rings. The lowest BCUT2D eigenvalue weighted by Gasteiger charge is -2.30. The zero-order valence-electron chi connectivity index (χ0n) is 14.0. The molecule has 1 fully saturated rings. The van der Waals surface area contributed by atoms with E-state index in [1.54, 1.807) is 18.0 Å². The van der Waals surface area contributed by atoms with E-state index >= 15 is 0 Å². The van der Waals surface area contributed by atoms with Crippen molar-refractivity contribution in [3.63, 3.8) is 0 Å². The fraction of sp³-hybridized carbons (Fsp3) is 0.421. The maximum atomic E-state index is 12.6. The topological polar surface area (TPSA) is 45.5 Å². The molecule has 2 aromatic rings. The second-order valence-electron chi connectivity index (χ2n) is 6.05. The minimum atomic E-state index is 0.0949. The van der Waals surface area contributed by atoms with Crippen molar-refractivity contribution in [2.75, 3.05) is 24.2 Å². The van der Waals surface area contributed by atoms with Gasteiger partial charge in [-0.2, -0.15) is 0 Å². The van der Waals surface area contributed by atoms with Crippen LogP contribution in [0.5, 0.6) is 0 Å². The SMILES string of the molecule is CCSc1ccccc1NC(=O)C1CCN(Cc2ccco2)CC1. The number of hydrogen-bond donors (Lipinski definition) is 1. The molecular weight excluding hydrogens is 320 g/mol. The molecule has 0 spiro atoms. The maximum Gasteiger partial charge on any atom is 0.227 e. The lowest BCUT2D eigenvalue weighted by atomic mass is 9.95. The fourth-order valence-corrected chi connectivity index (χ4v) is 3.82. The summed E-state index contributed by atoms with van der Waals surface area (Å²) in [5, 5.41) is 3.13. The van der Waals surface area contributed by atoms with Gasteiger partial charge in [0.25, 0.3) is 0 Å². The van der Waals surface area contributed by atoms with Crippen LogP contribution in [0.1, 0.15) is 25.5 Å². The van der Waals surface area contributed by atoms with E-state index in [0.717, 1.165) is 54.6 Å². The summed E-state index contributed by atoms with van der Waals surface area (Å²) < 4.78 is 5.40. The average molecular weight is 344 g/mol. The van der Waals surface area contributed by atoms with Crippen LogP contribution in [0.3, 0.4) is 0 Å². The Morgan fingerprint density at radius 3 is 2.75 bits per heavy atom. The first-order valence-corrected chi connectivity index (χ1v) is 9.52. The Kier molecular flexibility index (Phi) is 5.99. The van der Waals surface area contributed by atoms with Crippen LogP contribution in [0, 0.1) is 5.92 Å². The van der Waals surface area contributed by atoms with Crippen LogP contribution >= 0.6 is 11.8 Å². The molecule has 1 saturated heterocycles. The summed E-state index contributed by atoms with van der Waals surface area (Å²) in [5.41, 5.74) is 0.937. The molecule has 0 unspecified atom stereocenters. The fourth-order valence-electron chi connectivity index (χ4n) is 3.06. The first-order chi connectivity index (χ1) is 11.8. The first kappa shape index (κ1) is 17.1. The van der Waals surface area contributed by atoms with Crippen molar-refractivity contribution < 1.29 is 9.21 Å². The minimum Gasteiger partial charge on any atom is -0.468 e. The van der Waals surface area contributed by atoms with Crippen LogP contribution in [0.2, 0.25) is 0 Å². The summed E-state index contributed by atoms with van der Waals surface area (Å²) >= 11 is 1.76. The number of nitrogens with zero attached hydrogens (tertiary/aromatic N) is 1. The lowest BCUT2D eigenvalue weighted by molar-refractivity contribution is -0.121. The third-order valence-corrected chi connectivity index (χ3v) is 5.32. The molecule has 1 aromatic carbocycles. The van der Waals surface area contributed by atoms with Gasteiger partial charge in [-0.15, -0.1) is 11.8 Å². The van der Waals surface area contributed by atoms with E-state index in [-0.39, 0.29) is 11.8 Å². The number of benzene rings is 1. The standard InChI is InChI=1S/C19H24N2O2S/c1-2-24-18-8-4-3-7-17(18)20-19(22)15-9-11-21(12-10-15)14-16-6-5-13-23-16/h3-8,13,15H,2,9-12,14H2,1H3,(H,20,22). The number of likely N-dealkylation sites (tertiary alicyclic amines) is 1. The number of amides is 1. The van der Waals surface area contributed by atoms with Crippen molar-refractivity contribution in [1.29, 1.82) is 0 Å². The maximum absolute atomic E-state index is 12.6. The average Bonchev–Trinajstić information content (AvgIpc) is 3.10. The van der Waals surface area contributed by atoms with Gasteiger partial charge >= 0.3 is 0 Å². The van der Waals surface area contributed by atoms with Crippen LogP contribution in [0.15, 0.2) is 52.0 Å². The number of nitrogens with one attached hydrogen (secondary N) is 1. The highest BCUT2D eigenvalue weighted by Gasteiger charge is 2.25. The van der Waals surface area contributed by atoms with Gasteiger partial charge in [-0.3, -0.25) is 9.69 Å². The number of para-hydroxylation sites is 1. The van der Waals surface area contributed by atoms with Gasteiger partial charge in [0.05, 0.1) is 18.5 Å². The highest BCUT2D eigenvalue weighted by atomic mass is 32.2. The third kappa shape index (κ3) is 4.42. The zero-order valence-corrected chi connectivity index (χ0v) is 14.8. The van der Waals surface area contributed by atoms with Crippen molar-refractivity contribution in [2.24, 2.45) is 5.92 Å². The summed E-state index contributed by atoms with van der Waals surface area (Å²) in [6.45, 7) is 4.82. The van der Waals surface area contributed by atoms with Crippen molar-refractivity contribution in [3.05, 3.63) is 48.4 Å². The van der Waals surface area contributed by atoms with Crippen LogP contribution in [0.4, 0.5) is 5.69 Å². The predicted octanol–water partition coefficient (Wildman–Crippen LogP) is 4.24. The molecule has 1 aliphatic heterocycles. The van der Waals surface area contributed by atoms with E-state index in [1.165, 1.54) is 0 Å². The Labute approximate surface area is 147 Å². The van der Waals surface area contributed by atoms with Crippen molar-refractivity contribution >= 4 is 23.4 Å². The van der Waals surface area contributed by atoms with E-state index in [9.17, 15) is 4.79 Å². The van der Waals surface area contributed by atoms with Gasteiger partial charge in [-0.05, 0) is 55.9 Å². The number of rotatable bonds is 6. The minimum absolute atomic E-state index is 0.0949. The van der Waals surface area contributed by atoms with E-state index in [0.29, 0.717) is 0 Å². The largest absolute Gasteiger partial charge is 0.468 e. The van der Waals surface area contributed by atoms with Crippen molar-refractivity contribution in [2.45, 2.75) is 31.2 Å². The second kappa shape index (κ2) is 8.40. The molecule has 2 heterocycles. The molecule has 0 saturated carbocycles. The monoisotopic (exact) mass is 344 g/mol. The van der Waals surface area contributed by atoms with Crippen LogP contribution in [-0.4, -0.2) is 29.6 Å². The zero-order chi connectivity index (χ0) is 16.8. The molecule has 1 aromatic heterocycles. The highest BCUT2D eigenvalue weighted by Crippen LogP contribution is 2.28. The number of piperidine rings is 1. The summed E-state index contributed by atoms with van der Waals surface area (Å²) in [7, 11) is 0. The van der Waals surface area contributed by atoms with Crippen LogP contribution in [0.25, 0.3) is 0 Å². The molecule has 1 N–H and O–H groups in total. The van der Waals surface area contributed by atoms with Crippen molar-refractivity contribution in [3.8, 4) is 0 Å². The molecule has 0 aliphatic carbocycles. The van der Waals surface area contributed by atoms with Gasteiger partial charge in [-0.25, -0.2) is 0 Å². The molecule has 5 heteroatoms. The van der Waals surface area contributed by atoms with Gasteiger partial charge in [0.1, 0.15) is 5.76 Å². The Balaban J connectivity index is 1.52.